The predicted octanol–water partition coefficient (Wildman–Crippen LogP) is 0.642. The van der Waals surface area contributed by atoms with Crippen molar-refractivity contribution in [2.45, 2.75) is 33.7 Å². The summed E-state index contributed by atoms with van der Waals surface area (Å²) in [7, 11) is 0. The van der Waals surface area contributed by atoms with Crippen molar-refractivity contribution in [2.24, 2.45) is 11.8 Å². The minimum atomic E-state index is -0.335. The van der Waals surface area contributed by atoms with Crippen LogP contribution < -0.4 is 5.32 Å². The Hall–Kier alpha value is -1.10. The van der Waals surface area contributed by atoms with Gasteiger partial charge >= 0.3 is 5.97 Å². The highest BCUT2D eigenvalue weighted by atomic mass is 16.5. The summed E-state index contributed by atoms with van der Waals surface area (Å²) >= 11 is 0. The van der Waals surface area contributed by atoms with Crippen LogP contribution in [0.2, 0.25) is 0 Å². The topological polar surface area (TPSA) is 58.6 Å². The zero-order valence-electron chi connectivity index (χ0n) is 11.7. The summed E-state index contributed by atoms with van der Waals surface area (Å²) in [6.07, 6.45) is 0. The van der Waals surface area contributed by atoms with Gasteiger partial charge in [0, 0.05) is 12.6 Å². The molecule has 0 radical (unpaired) electrons. The maximum absolute atomic E-state index is 12.4. The first-order valence-corrected chi connectivity index (χ1v) is 6.64. The van der Waals surface area contributed by atoms with Crippen molar-refractivity contribution in [1.82, 2.24) is 10.2 Å². The van der Waals surface area contributed by atoms with Crippen molar-refractivity contribution in [3.8, 4) is 0 Å². The number of amides is 1. The van der Waals surface area contributed by atoms with E-state index in [0.29, 0.717) is 19.1 Å². The number of ether oxygens (including phenoxy) is 1. The number of carbonyl (C=O) groups is 2. The molecular weight excluding hydrogens is 232 g/mol. The molecule has 1 heterocycles. The van der Waals surface area contributed by atoms with Crippen molar-refractivity contribution in [3.63, 3.8) is 0 Å². The van der Waals surface area contributed by atoms with E-state index in [1.807, 2.05) is 13.8 Å². The van der Waals surface area contributed by atoms with Gasteiger partial charge in [0.1, 0.15) is 6.54 Å². The van der Waals surface area contributed by atoms with Gasteiger partial charge in [-0.3, -0.25) is 9.59 Å². The Morgan fingerprint density at radius 2 is 2.06 bits per heavy atom. The zero-order valence-corrected chi connectivity index (χ0v) is 11.7. The number of esters is 1. The Kier molecular flexibility index (Phi) is 5.59. The summed E-state index contributed by atoms with van der Waals surface area (Å²) in [5.74, 6) is 0.0106. The minimum absolute atomic E-state index is 0.00899. The second-order valence-corrected chi connectivity index (χ2v) is 5.11. The van der Waals surface area contributed by atoms with Crippen LogP contribution in [-0.4, -0.2) is 49.1 Å². The molecule has 18 heavy (non-hydrogen) atoms. The normalized spacial score (nSPS) is 23.2. The van der Waals surface area contributed by atoms with E-state index in [-0.39, 0.29) is 30.4 Å². The van der Waals surface area contributed by atoms with Gasteiger partial charge in [-0.2, -0.15) is 0 Å². The van der Waals surface area contributed by atoms with E-state index in [1.165, 1.54) is 0 Å². The van der Waals surface area contributed by atoms with Crippen LogP contribution in [0.1, 0.15) is 27.7 Å². The van der Waals surface area contributed by atoms with Crippen LogP contribution in [0.15, 0.2) is 0 Å². The molecule has 0 aromatic rings. The van der Waals surface area contributed by atoms with Gasteiger partial charge in [-0.25, -0.2) is 0 Å². The average Bonchev–Trinajstić information content (AvgIpc) is 2.71. The first-order valence-electron chi connectivity index (χ1n) is 6.64. The molecule has 5 nitrogen and oxygen atoms in total. The standard InChI is InChI=1S/C13H24N2O3/c1-5-18-12(16)8-15(9(2)3)13(17)11-7-14-6-10(11)4/h9-11,14H,5-8H2,1-4H3/t10-,11-/m1/s1. The number of nitrogens with zero attached hydrogens (tertiary/aromatic N) is 1. The Morgan fingerprint density at radius 1 is 1.39 bits per heavy atom. The van der Waals surface area contributed by atoms with Crippen LogP contribution in [0.25, 0.3) is 0 Å². The van der Waals surface area contributed by atoms with Gasteiger partial charge in [-0.1, -0.05) is 6.92 Å². The van der Waals surface area contributed by atoms with E-state index >= 15 is 0 Å². The van der Waals surface area contributed by atoms with Crippen LogP contribution in [0.3, 0.4) is 0 Å². The maximum atomic E-state index is 12.4. The Balaban J connectivity index is 2.66. The number of rotatable bonds is 5. The summed E-state index contributed by atoms with van der Waals surface area (Å²) in [4.78, 5) is 25.6. The molecule has 2 atom stereocenters. The fraction of sp³-hybridized carbons (Fsp3) is 0.846. The predicted molar refractivity (Wildman–Crippen MR) is 69.0 cm³/mol. The van der Waals surface area contributed by atoms with Gasteiger partial charge < -0.3 is 15.0 Å². The molecule has 0 bridgehead atoms. The number of carbonyl (C=O) groups excluding carboxylic acids is 2. The zero-order chi connectivity index (χ0) is 13.7. The SMILES string of the molecule is CCOC(=O)CN(C(=O)[C@@H]1CNC[C@H]1C)C(C)C. The smallest absolute Gasteiger partial charge is 0.325 e. The largest absolute Gasteiger partial charge is 0.465 e. The molecule has 5 heteroatoms. The highest BCUT2D eigenvalue weighted by Gasteiger charge is 2.34. The van der Waals surface area contributed by atoms with Crippen molar-refractivity contribution >= 4 is 11.9 Å². The summed E-state index contributed by atoms with van der Waals surface area (Å²) < 4.78 is 4.91. The van der Waals surface area contributed by atoms with Crippen molar-refractivity contribution in [2.75, 3.05) is 26.2 Å². The number of nitrogens with one attached hydrogen (secondary N) is 1. The summed E-state index contributed by atoms with van der Waals surface area (Å²) in [5.41, 5.74) is 0. The van der Waals surface area contributed by atoms with Crippen LogP contribution in [0.4, 0.5) is 0 Å². The van der Waals surface area contributed by atoms with E-state index in [0.717, 1.165) is 6.54 Å². The highest BCUT2D eigenvalue weighted by molar-refractivity contribution is 5.84. The van der Waals surface area contributed by atoms with E-state index in [2.05, 4.69) is 12.2 Å². The van der Waals surface area contributed by atoms with Crippen molar-refractivity contribution in [1.29, 1.82) is 0 Å². The summed E-state index contributed by atoms with van der Waals surface area (Å²) in [6, 6.07) is 0.00899. The third-order valence-corrected chi connectivity index (χ3v) is 3.35. The fourth-order valence-corrected chi connectivity index (χ4v) is 2.21. The molecular formula is C13H24N2O3. The summed E-state index contributed by atoms with van der Waals surface area (Å²) in [5, 5.41) is 3.21. The van der Waals surface area contributed by atoms with Crippen molar-refractivity contribution < 1.29 is 14.3 Å². The second-order valence-electron chi connectivity index (χ2n) is 5.11. The number of hydrogen-bond acceptors (Lipinski definition) is 4. The molecule has 1 rings (SSSR count). The molecule has 0 saturated carbocycles. The minimum Gasteiger partial charge on any atom is -0.465 e. The number of hydrogen-bond donors (Lipinski definition) is 1. The average molecular weight is 256 g/mol. The molecule has 0 aromatic heterocycles. The Labute approximate surface area is 109 Å². The molecule has 0 spiro atoms. The third-order valence-electron chi connectivity index (χ3n) is 3.35. The lowest BCUT2D eigenvalue weighted by Crippen LogP contribution is -2.45. The first-order chi connectivity index (χ1) is 8.47. The van der Waals surface area contributed by atoms with E-state index < -0.39 is 0 Å². The van der Waals surface area contributed by atoms with Crippen molar-refractivity contribution in [3.05, 3.63) is 0 Å². The van der Waals surface area contributed by atoms with Crippen LogP contribution in [0, 0.1) is 11.8 Å². The highest BCUT2D eigenvalue weighted by Crippen LogP contribution is 2.19. The van der Waals surface area contributed by atoms with Gasteiger partial charge in [0.05, 0.1) is 12.5 Å². The molecule has 1 saturated heterocycles. The molecule has 0 aromatic carbocycles. The van der Waals surface area contributed by atoms with E-state index in [1.54, 1.807) is 11.8 Å². The first kappa shape index (κ1) is 15.0. The molecule has 1 aliphatic heterocycles. The second kappa shape index (κ2) is 6.73. The monoisotopic (exact) mass is 256 g/mol. The maximum Gasteiger partial charge on any atom is 0.325 e. The molecule has 104 valence electrons. The van der Waals surface area contributed by atoms with Crippen LogP contribution >= 0.6 is 0 Å². The lowest BCUT2D eigenvalue weighted by molar-refractivity contribution is -0.151. The molecule has 1 N–H and O–H groups in total. The third kappa shape index (κ3) is 3.70. The van der Waals surface area contributed by atoms with Gasteiger partial charge in [0.25, 0.3) is 0 Å². The van der Waals surface area contributed by atoms with Gasteiger partial charge in [0.15, 0.2) is 0 Å². The quantitative estimate of drug-likeness (QED) is 0.733. The molecule has 0 unspecified atom stereocenters. The molecule has 1 aliphatic rings. The van der Waals surface area contributed by atoms with Crippen LogP contribution in [0.5, 0.6) is 0 Å². The molecule has 1 fully saturated rings. The fourth-order valence-electron chi connectivity index (χ4n) is 2.21. The Morgan fingerprint density at radius 3 is 2.50 bits per heavy atom. The lowest BCUT2D eigenvalue weighted by Gasteiger charge is -2.29. The van der Waals surface area contributed by atoms with Crippen LogP contribution in [-0.2, 0) is 14.3 Å². The summed E-state index contributed by atoms with van der Waals surface area (Å²) in [6.45, 7) is 9.63. The van der Waals surface area contributed by atoms with Gasteiger partial charge in [0.2, 0.25) is 5.91 Å². The van der Waals surface area contributed by atoms with Gasteiger partial charge in [-0.15, -0.1) is 0 Å². The van der Waals surface area contributed by atoms with Gasteiger partial charge in [-0.05, 0) is 33.2 Å². The molecule has 0 aliphatic carbocycles. The Bertz CT molecular complexity index is 305. The molecule has 1 amide bonds. The van der Waals surface area contributed by atoms with E-state index in [4.69, 9.17) is 4.74 Å². The van der Waals surface area contributed by atoms with E-state index in [9.17, 15) is 9.59 Å². The lowest BCUT2D eigenvalue weighted by atomic mass is 9.96.